The molecule has 0 N–H and O–H groups in total. The van der Waals surface area contributed by atoms with Gasteiger partial charge in [-0.05, 0) is 49.7 Å². The topological polar surface area (TPSA) is 73.6 Å². The van der Waals surface area contributed by atoms with Crippen LogP contribution in [0.2, 0.25) is 0 Å². The third kappa shape index (κ3) is 3.85. The molecule has 2 aromatic rings. The summed E-state index contributed by atoms with van der Waals surface area (Å²) in [6.07, 6.45) is -4.93. The van der Waals surface area contributed by atoms with Gasteiger partial charge in [0.05, 0.1) is 30.0 Å². The molecule has 3 rings (SSSR count). The summed E-state index contributed by atoms with van der Waals surface area (Å²) in [5.74, 6) is -0.302. The van der Waals surface area contributed by atoms with Crippen molar-refractivity contribution in [3.8, 4) is 11.8 Å². The molecule has 0 unspecified atom stereocenters. The van der Waals surface area contributed by atoms with Gasteiger partial charge in [-0.1, -0.05) is 22.0 Å². The fraction of sp³-hybridized carbons (Fsp3) is 0.286. The van der Waals surface area contributed by atoms with Crippen molar-refractivity contribution in [1.29, 1.82) is 5.26 Å². The summed E-state index contributed by atoms with van der Waals surface area (Å²) in [6, 6.07) is 8.86. The highest BCUT2D eigenvalue weighted by molar-refractivity contribution is 9.10. The van der Waals surface area contributed by atoms with Gasteiger partial charge in [-0.3, -0.25) is 4.79 Å². The molecule has 0 bridgehead atoms. The third-order valence-corrected chi connectivity index (χ3v) is 5.87. The molecule has 0 aromatic heterocycles. The molecular formula is C21H17BrF3N3O3. The van der Waals surface area contributed by atoms with Crippen LogP contribution >= 0.6 is 15.9 Å². The predicted molar refractivity (Wildman–Crippen MR) is 109 cm³/mol. The summed E-state index contributed by atoms with van der Waals surface area (Å²) < 4.78 is 47.1. The highest BCUT2D eigenvalue weighted by atomic mass is 79.9. The van der Waals surface area contributed by atoms with Gasteiger partial charge in [0.2, 0.25) is 0 Å². The Bertz CT molecular complexity index is 1110. The summed E-state index contributed by atoms with van der Waals surface area (Å²) in [5.41, 5.74) is -3.47. The van der Waals surface area contributed by atoms with E-state index in [4.69, 9.17) is 10.00 Å². The number of nitriles is 1. The van der Waals surface area contributed by atoms with E-state index in [-0.39, 0.29) is 6.54 Å². The largest absolute Gasteiger partial charge is 0.497 e. The van der Waals surface area contributed by atoms with E-state index in [1.54, 1.807) is 18.2 Å². The van der Waals surface area contributed by atoms with Crippen LogP contribution in [0.15, 0.2) is 40.9 Å². The Balaban J connectivity index is 2.11. The zero-order valence-corrected chi connectivity index (χ0v) is 18.3. The van der Waals surface area contributed by atoms with Crippen LogP contribution in [0.25, 0.3) is 0 Å². The number of carbonyl (C=O) groups is 2. The minimum absolute atomic E-state index is 0.0504. The Labute approximate surface area is 184 Å². The van der Waals surface area contributed by atoms with Crippen molar-refractivity contribution in [3.63, 3.8) is 0 Å². The lowest BCUT2D eigenvalue weighted by atomic mass is 10.0. The third-order valence-electron chi connectivity index (χ3n) is 5.09. The first-order valence-electron chi connectivity index (χ1n) is 9.02. The first kappa shape index (κ1) is 22.6. The summed E-state index contributed by atoms with van der Waals surface area (Å²) in [7, 11) is 1.48. The van der Waals surface area contributed by atoms with Gasteiger partial charge >= 0.3 is 12.2 Å². The van der Waals surface area contributed by atoms with Crippen molar-refractivity contribution in [1.82, 2.24) is 4.90 Å². The molecule has 162 valence electrons. The molecule has 0 saturated carbocycles. The number of benzene rings is 2. The predicted octanol–water partition coefficient (Wildman–Crippen LogP) is 5.10. The second kappa shape index (κ2) is 7.89. The van der Waals surface area contributed by atoms with E-state index < -0.39 is 40.5 Å². The van der Waals surface area contributed by atoms with Gasteiger partial charge < -0.3 is 9.64 Å². The van der Waals surface area contributed by atoms with Crippen LogP contribution in [-0.2, 0) is 17.5 Å². The van der Waals surface area contributed by atoms with E-state index in [2.05, 4.69) is 15.9 Å². The molecular weight excluding hydrogens is 479 g/mol. The van der Waals surface area contributed by atoms with Crippen LogP contribution in [0.5, 0.6) is 5.75 Å². The molecule has 10 heteroatoms. The molecule has 0 aliphatic carbocycles. The Morgan fingerprint density at radius 2 is 1.87 bits per heavy atom. The van der Waals surface area contributed by atoms with Crippen molar-refractivity contribution in [3.05, 3.63) is 57.6 Å². The molecule has 31 heavy (non-hydrogen) atoms. The Hall–Kier alpha value is -3.06. The number of imide groups is 1. The SMILES string of the molecule is COc1ccc(Br)c(CN2C(=O)N(c3cccc(C#N)c3C(F)(F)F)C(=O)C2(C)C)c1. The highest BCUT2D eigenvalue weighted by Crippen LogP contribution is 2.43. The Morgan fingerprint density at radius 1 is 1.19 bits per heavy atom. The smallest absolute Gasteiger partial charge is 0.419 e. The molecule has 1 aliphatic rings. The number of urea groups is 1. The molecule has 1 aliphatic heterocycles. The summed E-state index contributed by atoms with van der Waals surface area (Å²) in [6.45, 7) is 2.87. The van der Waals surface area contributed by atoms with E-state index in [0.29, 0.717) is 20.7 Å². The second-order valence-electron chi connectivity index (χ2n) is 7.33. The standard InChI is InChI=1S/C21H17BrF3N3O3/c1-20(2)18(29)28(16-6-4-5-12(10-26)17(16)21(23,24)25)19(30)27(20)11-13-9-14(31-3)7-8-15(13)22/h4-9H,11H2,1-3H3. The lowest BCUT2D eigenvalue weighted by Crippen LogP contribution is -2.43. The van der Waals surface area contributed by atoms with Gasteiger partial charge in [0.1, 0.15) is 11.3 Å². The van der Waals surface area contributed by atoms with Crippen LogP contribution in [0, 0.1) is 11.3 Å². The van der Waals surface area contributed by atoms with Gasteiger partial charge in [0, 0.05) is 11.0 Å². The van der Waals surface area contributed by atoms with Crippen molar-refractivity contribution in [2.45, 2.75) is 32.1 Å². The summed E-state index contributed by atoms with van der Waals surface area (Å²) >= 11 is 3.38. The zero-order valence-electron chi connectivity index (χ0n) is 16.7. The molecule has 3 amide bonds. The van der Waals surface area contributed by atoms with Crippen LogP contribution in [0.1, 0.15) is 30.5 Å². The number of carbonyl (C=O) groups excluding carboxylic acids is 2. The van der Waals surface area contributed by atoms with Crippen LogP contribution in [0.4, 0.5) is 23.7 Å². The average Bonchev–Trinajstić information content (AvgIpc) is 2.87. The maximum absolute atomic E-state index is 13.7. The van der Waals surface area contributed by atoms with Crippen molar-refractivity contribution in [2.24, 2.45) is 0 Å². The van der Waals surface area contributed by atoms with Gasteiger partial charge in [-0.15, -0.1) is 0 Å². The molecule has 0 spiro atoms. The van der Waals surface area contributed by atoms with E-state index in [1.165, 1.54) is 38.0 Å². The minimum atomic E-state index is -4.93. The van der Waals surface area contributed by atoms with Gasteiger partial charge in [-0.25, -0.2) is 9.69 Å². The van der Waals surface area contributed by atoms with E-state index in [1.807, 2.05) is 0 Å². The number of methoxy groups -OCH3 is 1. The van der Waals surface area contributed by atoms with Gasteiger partial charge in [0.25, 0.3) is 5.91 Å². The van der Waals surface area contributed by atoms with Crippen LogP contribution < -0.4 is 9.64 Å². The zero-order chi connectivity index (χ0) is 23.1. The van der Waals surface area contributed by atoms with Crippen molar-refractivity contribution in [2.75, 3.05) is 12.0 Å². The highest BCUT2D eigenvalue weighted by Gasteiger charge is 2.54. The molecule has 1 heterocycles. The normalized spacial score (nSPS) is 15.9. The summed E-state index contributed by atoms with van der Waals surface area (Å²) in [4.78, 5) is 28.0. The number of hydrogen-bond acceptors (Lipinski definition) is 4. The molecule has 1 saturated heterocycles. The van der Waals surface area contributed by atoms with Gasteiger partial charge in [-0.2, -0.15) is 18.4 Å². The Morgan fingerprint density at radius 3 is 2.45 bits per heavy atom. The lowest BCUT2D eigenvalue weighted by Gasteiger charge is -2.28. The minimum Gasteiger partial charge on any atom is -0.497 e. The molecule has 2 aromatic carbocycles. The van der Waals surface area contributed by atoms with E-state index >= 15 is 0 Å². The lowest BCUT2D eigenvalue weighted by molar-refractivity contribution is -0.137. The van der Waals surface area contributed by atoms with Crippen LogP contribution in [0.3, 0.4) is 0 Å². The number of hydrogen-bond donors (Lipinski definition) is 0. The average molecular weight is 496 g/mol. The maximum Gasteiger partial charge on any atom is 0.419 e. The molecule has 6 nitrogen and oxygen atoms in total. The maximum atomic E-state index is 13.7. The molecule has 0 atom stereocenters. The fourth-order valence-corrected chi connectivity index (χ4v) is 3.77. The van der Waals surface area contributed by atoms with E-state index in [0.717, 1.165) is 12.1 Å². The molecule has 1 fully saturated rings. The fourth-order valence-electron chi connectivity index (χ4n) is 3.40. The first-order valence-corrected chi connectivity index (χ1v) is 9.81. The van der Waals surface area contributed by atoms with Crippen LogP contribution in [-0.4, -0.2) is 29.5 Å². The number of anilines is 1. The van der Waals surface area contributed by atoms with E-state index in [9.17, 15) is 22.8 Å². The second-order valence-corrected chi connectivity index (χ2v) is 8.19. The van der Waals surface area contributed by atoms with Crippen molar-refractivity contribution >= 4 is 33.6 Å². The number of alkyl halides is 3. The number of halogens is 4. The first-order chi connectivity index (χ1) is 14.4. The number of rotatable bonds is 4. The Kier molecular flexibility index (Phi) is 5.76. The number of nitrogens with zero attached hydrogens (tertiary/aromatic N) is 3. The quantitative estimate of drug-likeness (QED) is 0.553. The van der Waals surface area contributed by atoms with Gasteiger partial charge in [0.15, 0.2) is 0 Å². The monoisotopic (exact) mass is 495 g/mol. The summed E-state index contributed by atoms with van der Waals surface area (Å²) in [5, 5.41) is 9.14. The molecule has 0 radical (unpaired) electrons. The number of ether oxygens (including phenoxy) is 1. The van der Waals surface area contributed by atoms with Crippen molar-refractivity contribution < 1.29 is 27.5 Å². The number of amides is 3.